The highest BCUT2D eigenvalue weighted by atomic mass is 28.3. The lowest BCUT2D eigenvalue weighted by Gasteiger charge is -2.41. The molecule has 2 nitrogen and oxygen atoms in total. The molecule has 0 saturated heterocycles. The Balaban J connectivity index is 4.92. The molecule has 0 aromatic heterocycles. The predicted molar refractivity (Wildman–Crippen MR) is 98.3 cm³/mol. The van der Waals surface area contributed by atoms with Crippen molar-refractivity contribution in [3.8, 4) is 0 Å². The van der Waals surface area contributed by atoms with Crippen LogP contribution in [0.1, 0.15) is 60.8 Å². The summed E-state index contributed by atoms with van der Waals surface area (Å²) in [6.45, 7) is 19.6. The minimum atomic E-state index is -1.99. The fourth-order valence-electron chi connectivity index (χ4n) is 3.97. The van der Waals surface area contributed by atoms with Crippen molar-refractivity contribution in [3.05, 3.63) is 0 Å². The van der Waals surface area contributed by atoms with Crippen LogP contribution < -0.4 is 0 Å². The lowest BCUT2D eigenvalue weighted by molar-refractivity contribution is -0.114. The van der Waals surface area contributed by atoms with E-state index in [1.165, 1.54) is 0 Å². The van der Waals surface area contributed by atoms with Crippen molar-refractivity contribution in [2.75, 3.05) is 0 Å². The van der Waals surface area contributed by atoms with Gasteiger partial charge in [0.25, 0.3) is 0 Å². The van der Waals surface area contributed by atoms with Crippen LogP contribution in [0.25, 0.3) is 0 Å². The van der Waals surface area contributed by atoms with Crippen LogP contribution in [-0.2, 0) is 9.59 Å². The van der Waals surface area contributed by atoms with Crippen LogP contribution in [0, 0.1) is 0 Å². The summed E-state index contributed by atoms with van der Waals surface area (Å²) in [5.41, 5.74) is 1.41. The minimum absolute atomic E-state index is 0.404. The molecule has 0 aromatic rings. The normalized spacial score (nSPS) is 13.3. The van der Waals surface area contributed by atoms with Crippen molar-refractivity contribution in [2.45, 2.75) is 97.1 Å². The molecule has 124 valence electrons. The highest BCUT2D eigenvalue weighted by Crippen LogP contribution is 2.42. The monoisotopic (exact) mass is 328 g/mol. The van der Waals surface area contributed by atoms with Gasteiger partial charge < -0.3 is 9.59 Å². The average Bonchev–Trinajstić information content (AvgIpc) is 2.26. The molecule has 0 saturated carbocycles. The minimum Gasteiger partial charge on any atom is -0.305 e. The highest BCUT2D eigenvalue weighted by molar-refractivity contribution is 7.08. The van der Waals surface area contributed by atoms with Crippen molar-refractivity contribution >= 4 is 27.0 Å². The summed E-state index contributed by atoms with van der Waals surface area (Å²) in [7, 11) is -3.67. The third kappa shape index (κ3) is 4.88. The van der Waals surface area contributed by atoms with Crippen LogP contribution in [0.2, 0.25) is 36.3 Å². The summed E-state index contributed by atoms with van der Waals surface area (Å²) in [4.78, 5) is 25.0. The molecule has 0 bridgehead atoms. The quantitative estimate of drug-likeness (QED) is 0.532. The molecule has 0 atom stereocenters. The van der Waals surface area contributed by atoms with Gasteiger partial charge in [0, 0.05) is 12.8 Å². The van der Waals surface area contributed by atoms with Gasteiger partial charge in [-0.3, -0.25) is 0 Å². The number of hydrogen-bond donors (Lipinski definition) is 0. The molecule has 0 aliphatic heterocycles. The fourth-order valence-corrected chi connectivity index (χ4v) is 11.4. The predicted octanol–water partition coefficient (Wildman–Crippen LogP) is 5.39. The first-order valence-corrected chi connectivity index (χ1v) is 14.2. The largest absolute Gasteiger partial charge is 0.305 e. The Morgan fingerprint density at radius 1 is 0.714 bits per heavy atom. The zero-order valence-electron chi connectivity index (χ0n) is 15.7. The third-order valence-corrected chi connectivity index (χ3v) is 13.9. The Morgan fingerprint density at radius 3 is 1.33 bits per heavy atom. The molecule has 0 radical (unpaired) electrons. The van der Waals surface area contributed by atoms with Gasteiger partial charge in [0.2, 0.25) is 0 Å². The summed E-state index contributed by atoms with van der Waals surface area (Å²) in [6.07, 6.45) is 1.96. The lowest BCUT2D eigenvalue weighted by atomic mass is 10.3. The molecule has 0 amide bonds. The number of rotatable bonds is 9. The molecule has 0 rings (SSSR count). The number of carbonyl (C=O) groups excluding carboxylic acids is 2. The van der Waals surface area contributed by atoms with Gasteiger partial charge in [0.15, 0.2) is 0 Å². The van der Waals surface area contributed by atoms with E-state index >= 15 is 0 Å². The summed E-state index contributed by atoms with van der Waals surface area (Å²) < 4.78 is 0. The fraction of sp³-hybridized carbons (Fsp3) is 0.882. The first-order valence-electron chi connectivity index (χ1n) is 8.45. The van der Waals surface area contributed by atoms with Crippen molar-refractivity contribution in [3.63, 3.8) is 0 Å². The van der Waals surface area contributed by atoms with Crippen molar-refractivity contribution in [1.82, 2.24) is 0 Å². The van der Waals surface area contributed by atoms with Gasteiger partial charge in [-0.25, -0.2) is 0 Å². The molecule has 0 aliphatic carbocycles. The van der Waals surface area contributed by atoms with Crippen LogP contribution in [0.15, 0.2) is 0 Å². The lowest BCUT2D eigenvalue weighted by Crippen LogP contribution is -2.52. The van der Waals surface area contributed by atoms with Gasteiger partial charge in [-0.05, 0) is 23.0 Å². The van der Waals surface area contributed by atoms with E-state index in [-0.39, 0.29) is 0 Å². The second-order valence-electron chi connectivity index (χ2n) is 8.35. The van der Waals surface area contributed by atoms with Gasteiger partial charge in [0.1, 0.15) is 27.0 Å². The van der Waals surface area contributed by atoms with Crippen molar-refractivity contribution in [1.29, 1.82) is 0 Å². The second kappa shape index (κ2) is 7.86. The number of hydrogen-bond acceptors (Lipinski definition) is 2. The van der Waals surface area contributed by atoms with Crippen LogP contribution in [0.4, 0.5) is 0 Å². The number of carbonyl (C=O) groups is 2. The Bertz CT molecular complexity index is 344. The maximum absolute atomic E-state index is 13.0. The van der Waals surface area contributed by atoms with E-state index < -0.39 is 16.1 Å². The summed E-state index contributed by atoms with van der Waals surface area (Å²) in [5.74, 6) is 0. The smallest absolute Gasteiger partial charge is 0.140 e. The topological polar surface area (TPSA) is 34.1 Å². The molecule has 0 spiro atoms. The average molecular weight is 329 g/mol. The van der Waals surface area contributed by atoms with Gasteiger partial charge in [-0.1, -0.05) is 61.2 Å². The van der Waals surface area contributed by atoms with Gasteiger partial charge >= 0.3 is 0 Å². The maximum atomic E-state index is 13.0. The van der Waals surface area contributed by atoms with Gasteiger partial charge in [-0.15, -0.1) is 0 Å². The molecule has 0 heterocycles. The van der Waals surface area contributed by atoms with E-state index in [2.05, 4.69) is 61.2 Å². The molecule has 0 fully saturated rings. The van der Waals surface area contributed by atoms with Crippen LogP contribution in [0.3, 0.4) is 0 Å². The van der Waals surface area contributed by atoms with Crippen molar-refractivity contribution in [2.24, 2.45) is 0 Å². The molecular weight excluding hydrogens is 292 g/mol. The van der Waals surface area contributed by atoms with Crippen LogP contribution >= 0.6 is 0 Å². The third-order valence-electron chi connectivity index (χ3n) is 4.99. The first kappa shape index (κ1) is 20.8. The Kier molecular flexibility index (Phi) is 7.78. The van der Waals surface area contributed by atoms with E-state index in [4.69, 9.17) is 0 Å². The van der Waals surface area contributed by atoms with Crippen molar-refractivity contribution < 1.29 is 9.59 Å². The molecule has 0 N–H and O–H groups in total. The summed E-state index contributed by atoms with van der Waals surface area (Å²) in [5, 5.41) is 0.895. The SMILES string of the molecule is CC(C)[Si](C(=O)CCCC(=O)[Si](C)(C)C)(C(C)C)C(C)C. The second-order valence-corrected chi connectivity index (χ2v) is 19.3. The van der Waals surface area contributed by atoms with E-state index in [1.54, 1.807) is 0 Å². The molecule has 21 heavy (non-hydrogen) atoms. The highest BCUT2D eigenvalue weighted by Gasteiger charge is 2.48. The Labute approximate surface area is 134 Å². The van der Waals surface area contributed by atoms with Gasteiger partial charge in [0.05, 0.1) is 0 Å². The zero-order chi connectivity index (χ0) is 17.0. The Morgan fingerprint density at radius 2 is 1.05 bits per heavy atom. The molecule has 0 unspecified atom stereocenters. The molecular formula is C17H36O2Si2. The van der Waals surface area contributed by atoms with Crippen LogP contribution in [0.5, 0.6) is 0 Å². The summed E-state index contributed by atoms with van der Waals surface area (Å²) >= 11 is 0. The van der Waals surface area contributed by atoms with E-state index in [1.807, 2.05) is 0 Å². The van der Waals surface area contributed by atoms with Crippen LogP contribution in [-0.4, -0.2) is 27.0 Å². The zero-order valence-corrected chi connectivity index (χ0v) is 17.7. The van der Waals surface area contributed by atoms with Gasteiger partial charge in [-0.2, -0.15) is 0 Å². The van der Waals surface area contributed by atoms with E-state index in [0.717, 1.165) is 6.42 Å². The first-order chi connectivity index (χ1) is 9.38. The molecule has 4 heteroatoms. The van der Waals surface area contributed by atoms with E-state index in [0.29, 0.717) is 40.3 Å². The van der Waals surface area contributed by atoms with E-state index in [9.17, 15) is 9.59 Å². The molecule has 0 aliphatic rings. The Hall–Kier alpha value is -0.226. The summed E-state index contributed by atoms with van der Waals surface area (Å²) in [6, 6.07) is 0. The molecule has 0 aromatic carbocycles. The maximum Gasteiger partial charge on any atom is 0.140 e. The standard InChI is InChI=1S/C17H36O2Si2/c1-13(2)21(14(3)4,15(5)6)17(19)12-10-11-16(18)20(7,8)9/h13-15H,10-12H2,1-9H3.